The van der Waals surface area contributed by atoms with Crippen molar-refractivity contribution in [3.63, 3.8) is 0 Å². The van der Waals surface area contributed by atoms with E-state index in [-0.39, 0.29) is 16.0 Å². The molecule has 1 fully saturated rings. The summed E-state index contributed by atoms with van der Waals surface area (Å²) in [6.45, 7) is 0.512. The first-order valence-corrected chi connectivity index (χ1v) is 7.31. The van der Waals surface area contributed by atoms with Crippen molar-refractivity contribution < 1.29 is 19.1 Å². The SMILES string of the molecule is CSC1(CNC(=O)Nc2cc(F)ccc2C(=O)O)CC1. The van der Waals surface area contributed by atoms with Crippen LogP contribution in [0.4, 0.5) is 14.9 Å². The molecule has 0 bridgehead atoms. The molecule has 7 heteroatoms. The van der Waals surface area contributed by atoms with Gasteiger partial charge >= 0.3 is 12.0 Å². The zero-order chi connectivity index (χ0) is 14.8. The van der Waals surface area contributed by atoms with Gasteiger partial charge in [0.2, 0.25) is 0 Å². The number of thioether (sulfide) groups is 1. The number of carbonyl (C=O) groups excluding carboxylic acids is 1. The first kappa shape index (κ1) is 14.6. The molecule has 1 saturated carbocycles. The number of carbonyl (C=O) groups is 2. The van der Waals surface area contributed by atoms with Crippen molar-refractivity contribution in [3.8, 4) is 0 Å². The number of benzene rings is 1. The van der Waals surface area contributed by atoms with Crippen LogP contribution in [-0.4, -0.2) is 34.7 Å². The number of hydrogen-bond acceptors (Lipinski definition) is 3. The first-order chi connectivity index (χ1) is 9.46. The summed E-state index contributed by atoms with van der Waals surface area (Å²) in [5.74, 6) is -1.82. The zero-order valence-electron chi connectivity index (χ0n) is 10.9. The summed E-state index contributed by atoms with van der Waals surface area (Å²) in [5, 5.41) is 14.0. The summed E-state index contributed by atoms with van der Waals surface area (Å²) in [7, 11) is 0. The van der Waals surface area contributed by atoms with Crippen molar-refractivity contribution in [2.45, 2.75) is 17.6 Å². The molecule has 1 aliphatic rings. The van der Waals surface area contributed by atoms with Crippen molar-refractivity contribution in [2.75, 3.05) is 18.1 Å². The molecule has 0 unspecified atom stereocenters. The standard InChI is InChI=1S/C13H15FN2O3S/c1-20-13(4-5-13)7-15-12(19)16-10-6-8(14)2-3-9(10)11(17)18/h2-3,6H,4-5,7H2,1H3,(H,17,18)(H2,15,16,19). The maximum Gasteiger partial charge on any atom is 0.337 e. The number of halogens is 1. The molecular formula is C13H15FN2O3S. The number of amides is 2. The van der Waals surface area contributed by atoms with Gasteiger partial charge in [0.15, 0.2) is 0 Å². The number of carboxylic acid groups (broad SMARTS) is 1. The van der Waals surface area contributed by atoms with Gasteiger partial charge in [-0.3, -0.25) is 0 Å². The fourth-order valence-electron chi connectivity index (χ4n) is 1.81. The highest BCUT2D eigenvalue weighted by atomic mass is 32.2. The van der Waals surface area contributed by atoms with Crippen LogP contribution in [-0.2, 0) is 0 Å². The van der Waals surface area contributed by atoms with E-state index in [4.69, 9.17) is 5.11 Å². The molecule has 1 aromatic carbocycles. The van der Waals surface area contributed by atoms with Crippen LogP contribution in [0.5, 0.6) is 0 Å². The molecule has 2 amide bonds. The summed E-state index contributed by atoms with van der Waals surface area (Å²) < 4.78 is 13.2. The van der Waals surface area contributed by atoms with Crippen LogP contribution in [0.2, 0.25) is 0 Å². The number of aromatic carboxylic acids is 1. The van der Waals surface area contributed by atoms with Crippen molar-refractivity contribution in [1.29, 1.82) is 0 Å². The van der Waals surface area contributed by atoms with Gasteiger partial charge in [-0.05, 0) is 37.3 Å². The van der Waals surface area contributed by atoms with E-state index in [2.05, 4.69) is 10.6 Å². The van der Waals surface area contributed by atoms with Gasteiger partial charge in [-0.15, -0.1) is 0 Å². The third-order valence-corrected chi connectivity index (χ3v) is 4.69. The molecule has 0 aromatic heterocycles. The number of rotatable bonds is 5. The van der Waals surface area contributed by atoms with E-state index in [1.54, 1.807) is 11.8 Å². The van der Waals surface area contributed by atoms with Crippen molar-refractivity contribution >= 4 is 29.4 Å². The highest BCUT2D eigenvalue weighted by Gasteiger charge is 2.41. The largest absolute Gasteiger partial charge is 0.478 e. The zero-order valence-corrected chi connectivity index (χ0v) is 11.7. The number of anilines is 1. The van der Waals surface area contributed by atoms with Gasteiger partial charge in [0.05, 0.1) is 11.3 Å². The van der Waals surface area contributed by atoms with Crippen LogP contribution < -0.4 is 10.6 Å². The summed E-state index contributed by atoms with van der Waals surface area (Å²) in [5.41, 5.74) is -0.198. The van der Waals surface area contributed by atoms with E-state index >= 15 is 0 Å². The number of hydrogen-bond donors (Lipinski definition) is 3. The average molecular weight is 298 g/mol. The third-order valence-electron chi connectivity index (χ3n) is 3.27. The summed E-state index contributed by atoms with van der Waals surface area (Å²) in [6, 6.07) is 2.63. The lowest BCUT2D eigenvalue weighted by Crippen LogP contribution is -2.35. The van der Waals surface area contributed by atoms with E-state index < -0.39 is 17.8 Å². The second-order valence-corrected chi connectivity index (χ2v) is 5.96. The molecule has 0 heterocycles. The van der Waals surface area contributed by atoms with E-state index in [0.717, 1.165) is 31.0 Å². The van der Waals surface area contributed by atoms with Gasteiger partial charge in [-0.2, -0.15) is 11.8 Å². The molecule has 108 valence electrons. The Balaban J connectivity index is 2.00. The molecule has 0 atom stereocenters. The summed E-state index contributed by atoms with van der Waals surface area (Å²) >= 11 is 1.70. The van der Waals surface area contributed by atoms with Gasteiger partial charge in [0, 0.05) is 11.3 Å². The molecule has 0 saturated heterocycles. The molecule has 20 heavy (non-hydrogen) atoms. The number of nitrogens with one attached hydrogen (secondary N) is 2. The van der Waals surface area contributed by atoms with Crippen LogP contribution in [0.1, 0.15) is 23.2 Å². The van der Waals surface area contributed by atoms with Gasteiger partial charge in [-0.25, -0.2) is 14.0 Å². The smallest absolute Gasteiger partial charge is 0.337 e. The molecule has 5 nitrogen and oxygen atoms in total. The Morgan fingerprint density at radius 2 is 2.15 bits per heavy atom. The summed E-state index contributed by atoms with van der Waals surface area (Å²) in [4.78, 5) is 22.7. The molecule has 2 rings (SSSR count). The molecular weight excluding hydrogens is 283 g/mol. The molecule has 1 aromatic rings. The van der Waals surface area contributed by atoms with Gasteiger partial charge < -0.3 is 15.7 Å². The lowest BCUT2D eigenvalue weighted by atomic mass is 10.2. The van der Waals surface area contributed by atoms with Gasteiger partial charge in [0.25, 0.3) is 0 Å². The normalized spacial score (nSPS) is 15.5. The maximum atomic E-state index is 13.1. The number of urea groups is 1. The Morgan fingerprint density at radius 1 is 1.45 bits per heavy atom. The van der Waals surface area contributed by atoms with Crippen molar-refractivity contribution in [3.05, 3.63) is 29.6 Å². The minimum atomic E-state index is -1.22. The minimum absolute atomic E-state index is 0.0519. The van der Waals surface area contributed by atoms with Crippen LogP contribution in [0.15, 0.2) is 18.2 Å². The monoisotopic (exact) mass is 298 g/mol. The van der Waals surface area contributed by atoms with E-state index in [1.807, 2.05) is 6.26 Å². The first-order valence-electron chi connectivity index (χ1n) is 6.09. The Kier molecular flexibility index (Phi) is 4.17. The second kappa shape index (κ2) is 5.70. The predicted molar refractivity (Wildman–Crippen MR) is 75.9 cm³/mol. The van der Waals surface area contributed by atoms with Gasteiger partial charge in [0.1, 0.15) is 5.82 Å². The quantitative estimate of drug-likeness (QED) is 0.780. The highest BCUT2D eigenvalue weighted by Crippen LogP contribution is 2.46. The fourth-order valence-corrected chi connectivity index (χ4v) is 2.53. The molecule has 0 spiro atoms. The molecule has 0 radical (unpaired) electrons. The minimum Gasteiger partial charge on any atom is -0.478 e. The third kappa shape index (κ3) is 3.41. The van der Waals surface area contributed by atoms with Crippen LogP contribution in [0.3, 0.4) is 0 Å². The van der Waals surface area contributed by atoms with E-state index in [1.165, 1.54) is 0 Å². The van der Waals surface area contributed by atoms with Crippen LogP contribution in [0, 0.1) is 5.82 Å². The molecule has 0 aliphatic heterocycles. The lowest BCUT2D eigenvalue weighted by molar-refractivity contribution is 0.0698. The lowest BCUT2D eigenvalue weighted by Gasteiger charge is -2.14. The number of carboxylic acids is 1. The Bertz CT molecular complexity index is 546. The highest BCUT2D eigenvalue weighted by molar-refractivity contribution is 8.00. The predicted octanol–water partition coefficient (Wildman–Crippen LogP) is 2.54. The summed E-state index contributed by atoms with van der Waals surface area (Å²) in [6.07, 6.45) is 4.09. The maximum absolute atomic E-state index is 13.1. The van der Waals surface area contributed by atoms with Gasteiger partial charge in [-0.1, -0.05) is 0 Å². The van der Waals surface area contributed by atoms with Crippen LogP contribution in [0.25, 0.3) is 0 Å². The Morgan fingerprint density at radius 3 is 2.70 bits per heavy atom. The Hall–Kier alpha value is -1.76. The fraction of sp³-hybridized carbons (Fsp3) is 0.385. The second-order valence-electron chi connectivity index (χ2n) is 4.69. The molecule has 3 N–H and O–H groups in total. The van der Waals surface area contributed by atoms with E-state index in [9.17, 15) is 14.0 Å². The molecule has 1 aliphatic carbocycles. The average Bonchev–Trinajstić information content (AvgIpc) is 3.17. The van der Waals surface area contributed by atoms with Crippen LogP contribution >= 0.6 is 11.8 Å². The van der Waals surface area contributed by atoms with Crippen molar-refractivity contribution in [2.24, 2.45) is 0 Å². The Labute approximate surface area is 119 Å². The van der Waals surface area contributed by atoms with E-state index in [0.29, 0.717) is 6.54 Å². The van der Waals surface area contributed by atoms with Crippen molar-refractivity contribution in [1.82, 2.24) is 5.32 Å². The topological polar surface area (TPSA) is 78.4 Å².